The predicted molar refractivity (Wildman–Crippen MR) is 62.5 cm³/mol. The lowest BCUT2D eigenvalue weighted by Gasteiger charge is -2.05. The molecular weight excluding hydrogens is 196 g/mol. The fraction of sp³-hybridized carbons (Fsp3) is 0.364. The van der Waals surface area contributed by atoms with Crippen LogP contribution in [0.3, 0.4) is 0 Å². The maximum Gasteiger partial charge on any atom is 0.0516 e. The van der Waals surface area contributed by atoms with Crippen molar-refractivity contribution in [2.24, 2.45) is 4.99 Å². The van der Waals surface area contributed by atoms with Crippen LogP contribution in [0.4, 0.5) is 0 Å². The molecule has 76 valence electrons. The second-order valence-electron chi connectivity index (χ2n) is 3.36. The molecular formula is C11H15ClN2. The highest BCUT2D eigenvalue weighted by atomic mass is 35.5. The zero-order valence-electron chi connectivity index (χ0n) is 8.57. The first-order valence-electron chi connectivity index (χ1n) is 4.59. The molecule has 0 spiro atoms. The SMILES string of the molecule is CN(C)CCN=Cc1ccccc1Cl. The van der Waals surface area contributed by atoms with E-state index in [1.165, 1.54) is 0 Å². The normalized spacial score (nSPS) is 11.4. The lowest BCUT2D eigenvalue weighted by molar-refractivity contribution is 0.421. The molecule has 0 atom stereocenters. The molecule has 1 aromatic rings. The number of nitrogens with zero attached hydrogens (tertiary/aromatic N) is 2. The Kier molecular flexibility index (Phi) is 4.63. The smallest absolute Gasteiger partial charge is 0.0516 e. The van der Waals surface area contributed by atoms with Crippen LogP contribution in [0, 0.1) is 0 Å². The minimum absolute atomic E-state index is 0.751. The van der Waals surface area contributed by atoms with Crippen molar-refractivity contribution in [3.05, 3.63) is 34.9 Å². The van der Waals surface area contributed by atoms with E-state index in [4.69, 9.17) is 11.6 Å². The van der Waals surface area contributed by atoms with Gasteiger partial charge in [-0.2, -0.15) is 0 Å². The van der Waals surface area contributed by atoms with Gasteiger partial charge in [-0.3, -0.25) is 4.99 Å². The molecule has 14 heavy (non-hydrogen) atoms. The Morgan fingerprint density at radius 3 is 2.71 bits per heavy atom. The van der Waals surface area contributed by atoms with Crippen molar-refractivity contribution < 1.29 is 0 Å². The molecule has 0 aliphatic rings. The van der Waals surface area contributed by atoms with Crippen LogP contribution in [-0.2, 0) is 0 Å². The van der Waals surface area contributed by atoms with E-state index >= 15 is 0 Å². The van der Waals surface area contributed by atoms with Gasteiger partial charge in [-0.05, 0) is 20.2 Å². The Labute approximate surface area is 90.2 Å². The van der Waals surface area contributed by atoms with E-state index in [1.807, 2.05) is 44.6 Å². The van der Waals surface area contributed by atoms with Gasteiger partial charge in [0.25, 0.3) is 0 Å². The third kappa shape index (κ3) is 3.90. The van der Waals surface area contributed by atoms with Crippen molar-refractivity contribution in [2.45, 2.75) is 0 Å². The van der Waals surface area contributed by atoms with Crippen molar-refractivity contribution in [2.75, 3.05) is 27.2 Å². The largest absolute Gasteiger partial charge is 0.308 e. The molecule has 0 saturated carbocycles. The summed E-state index contributed by atoms with van der Waals surface area (Å²) in [6.45, 7) is 1.76. The molecule has 0 radical (unpaired) electrons. The lowest BCUT2D eigenvalue weighted by Crippen LogP contribution is -2.15. The van der Waals surface area contributed by atoms with E-state index < -0.39 is 0 Å². The van der Waals surface area contributed by atoms with Gasteiger partial charge in [-0.1, -0.05) is 29.8 Å². The van der Waals surface area contributed by atoms with Gasteiger partial charge in [0, 0.05) is 23.3 Å². The Hall–Kier alpha value is -0.860. The third-order valence-electron chi connectivity index (χ3n) is 1.81. The first-order valence-corrected chi connectivity index (χ1v) is 4.97. The van der Waals surface area contributed by atoms with Gasteiger partial charge >= 0.3 is 0 Å². The Morgan fingerprint density at radius 2 is 2.07 bits per heavy atom. The zero-order valence-corrected chi connectivity index (χ0v) is 9.33. The van der Waals surface area contributed by atoms with E-state index in [-0.39, 0.29) is 0 Å². The first kappa shape index (κ1) is 11.2. The summed E-state index contributed by atoms with van der Waals surface area (Å²) in [6, 6.07) is 7.70. The van der Waals surface area contributed by atoms with E-state index in [1.54, 1.807) is 0 Å². The zero-order chi connectivity index (χ0) is 10.4. The number of hydrogen-bond acceptors (Lipinski definition) is 2. The summed E-state index contributed by atoms with van der Waals surface area (Å²) in [5.74, 6) is 0. The second-order valence-corrected chi connectivity index (χ2v) is 3.77. The molecule has 0 aromatic heterocycles. The standard InChI is InChI=1S/C11H15ClN2/c1-14(2)8-7-13-9-10-5-3-4-6-11(10)12/h3-6,9H,7-8H2,1-2H3. The van der Waals surface area contributed by atoms with Gasteiger partial charge in [0.05, 0.1) is 6.54 Å². The van der Waals surface area contributed by atoms with Crippen LogP contribution >= 0.6 is 11.6 Å². The average Bonchev–Trinajstić information content (AvgIpc) is 2.15. The highest BCUT2D eigenvalue weighted by Gasteiger charge is 1.93. The van der Waals surface area contributed by atoms with Gasteiger partial charge < -0.3 is 4.90 Å². The van der Waals surface area contributed by atoms with Gasteiger partial charge in [0.15, 0.2) is 0 Å². The number of halogens is 1. The number of hydrogen-bond donors (Lipinski definition) is 0. The number of likely N-dealkylation sites (N-methyl/N-ethyl adjacent to an activating group) is 1. The molecule has 3 heteroatoms. The van der Waals surface area contributed by atoms with Crippen LogP contribution in [0.2, 0.25) is 5.02 Å². The summed E-state index contributed by atoms with van der Waals surface area (Å²) >= 11 is 5.96. The molecule has 1 rings (SSSR count). The van der Waals surface area contributed by atoms with Crippen molar-refractivity contribution >= 4 is 17.8 Å². The van der Waals surface area contributed by atoms with E-state index in [0.717, 1.165) is 23.7 Å². The minimum atomic E-state index is 0.751. The molecule has 0 heterocycles. The minimum Gasteiger partial charge on any atom is -0.308 e. The number of benzene rings is 1. The van der Waals surface area contributed by atoms with Crippen molar-refractivity contribution in [1.29, 1.82) is 0 Å². The maximum atomic E-state index is 5.96. The third-order valence-corrected chi connectivity index (χ3v) is 2.16. The van der Waals surface area contributed by atoms with Gasteiger partial charge in [0.2, 0.25) is 0 Å². The second kappa shape index (κ2) is 5.78. The van der Waals surface area contributed by atoms with E-state index in [2.05, 4.69) is 9.89 Å². The summed E-state index contributed by atoms with van der Waals surface area (Å²) in [5.41, 5.74) is 0.980. The van der Waals surface area contributed by atoms with Crippen LogP contribution in [0.1, 0.15) is 5.56 Å². The summed E-state index contributed by atoms with van der Waals surface area (Å²) < 4.78 is 0. The highest BCUT2D eigenvalue weighted by Crippen LogP contribution is 2.12. The Balaban J connectivity index is 2.48. The monoisotopic (exact) mass is 210 g/mol. The molecule has 0 saturated heterocycles. The lowest BCUT2D eigenvalue weighted by atomic mass is 10.2. The summed E-state index contributed by atoms with van der Waals surface area (Å²) in [7, 11) is 4.07. The van der Waals surface area contributed by atoms with Crippen LogP contribution < -0.4 is 0 Å². The topological polar surface area (TPSA) is 15.6 Å². The highest BCUT2D eigenvalue weighted by molar-refractivity contribution is 6.33. The van der Waals surface area contributed by atoms with Crippen molar-refractivity contribution in [3.63, 3.8) is 0 Å². The summed E-state index contributed by atoms with van der Waals surface area (Å²) in [5, 5.41) is 0.751. The maximum absolute atomic E-state index is 5.96. The molecule has 0 aliphatic carbocycles. The fourth-order valence-corrected chi connectivity index (χ4v) is 1.18. The van der Waals surface area contributed by atoms with Crippen LogP contribution in [0.25, 0.3) is 0 Å². The number of rotatable bonds is 4. The molecule has 0 bridgehead atoms. The molecule has 0 amide bonds. The summed E-state index contributed by atoms with van der Waals surface area (Å²) in [6.07, 6.45) is 1.83. The summed E-state index contributed by atoms with van der Waals surface area (Å²) in [4.78, 5) is 6.39. The van der Waals surface area contributed by atoms with Gasteiger partial charge in [-0.25, -0.2) is 0 Å². The van der Waals surface area contributed by atoms with Crippen molar-refractivity contribution in [3.8, 4) is 0 Å². The van der Waals surface area contributed by atoms with Crippen LogP contribution in [0.15, 0.2) is 29.3 Å². The quantitative estimate of drug-likeness (QED) is 0.697. The fourth-order valence-electron chi connectivity index (χ4n) is 1.00. The number of aliphatic imine (C=N–C) groups is 1. The predicted octanol–water partition coefficient (Wildman–Crippen LogP) is 2.32. The molecule has 0 unspecified atom stereocenters. The van der Waals surface area contributed by atoms with Crippen LogP contribution in [0.5, 0.6) is 0 Å². The average molecular weight is 211 g/mol. The Bertz CT molecular complexity index is 308. The molecule has 2 nitrogen and oxygen atoms in total. The first-order chi connectivity index (χ1) is 6.70. The van der Waals surface area contributed by atoms with E-state index in [0.29, 0.717) is 0 Å². The van der Waals surface area contributed by atoms with Crippen molar-refractivity contribution in [1.82, 2.24) is 4.90 Å². The molecule has 0 aliphatic heterocycles. The molecule has 0 fully saturated rings. The molecule has 1 aromatic carbocycles. The molecule has 0 N–H and O–H groups in total. The van der Waals surface area contributed by atoms with Crippen LogP contribution in [-0.4, -0.2) is 38.3 Å². The Morgan fingerprint density at radius 1 is 1.36 bits per heavy atom. The van der Waals surface area contributed by atoms with Gasteiger partial charge in [0.1, 0.15) is 0 Å². The van der Waals surface area contributed by atoms with E-state index in [9.17, 15) is 0 Å². The van der Waals surface area contributed by atoms with Gasteiger partial charge in [-0.15, -0.1) is 0 Å².